The van der Waals surface area contributed by atoms with Crippen molar-refractivity contribution in [2.75, 3.05) is 51.9 Å². The van der Waals surface area contributed by atoms with Crippen LogP contribution in [0.5, 0.6) is 11.5 Å². The molecule has 0 amide bonds. The second kappa shape index (κ2) is 12.7. The average Bonchev–Trinajstić information content (AvgIpc) is 2.82. The highest BCUT2D eigenvalue weighted by Crippen LogP contribution is 2.40. The van der Waals surface area contributed by atoms with Crippen LogP contribution in [-0.2, 0) is 10.2 Å². The molecule has 2 aromatic rings. The molecule has 1 aliphatic rings. The van der Waals surface area contributed by atoms with Crippen LogP contribution in [-0.4, -0.2) is 56.8 Å². The monoisotopic (exact) mass is 527 g/mol. The van der Waals surface area contributed by atoms with Crippen LogP contribution in [0.3, 0.4) is 0 Å². The SMILES string of the molecule is C[C@@H](CCl)COc1c(Cl)cc(C(C)(C)c2ccc(OC[C@H](C)CN3CCOCC3)cc2)cc1Cl. The van der Waals surface area contributed by atoms with Gasteiger partial charge in [0.05, 0.1) is 36.5 Å². The molecule has 0 aliphatic carbocycles. The maximum absolute atomic E-state index is 6.55. The smallest absolute Gasteiger partial charge is 0.156 e. The van der Waals surface area contributed by atoms with Gasteiger partial charge < -0.3 is 14.2 Å². The molecule has 7 heteroatoms. The number of ether oxygens (including phenoxy) is 3. The molecule has 0 aromatic heterocycles. The Hall–Kier alpha value is -1.17. The molecule has 34 heavy (non-hydrogen) atoms. The first-order chi connectivity index (χ1) is 16.2. The van der Waals surface area contributed by atoms with Gasteiger partial charge in [0.15, 0.2) is 5.75 Å². The maximum Gasteiger partial charge on any atom is 0.156 e. The molecule has 1 heterocycles. The lowest BCUT2D eigenvalue weighted by atomic mass is 9.78. The van der Waals surface area contributed by atoms with E-state index in [1.54, 1.807) is 0 Å². The number of nitrogens with zero attached hydrogens (tertiary/aromatic N) is 1. The average molecular weight is 529 g/mol. The van der Waals surface area contributed by atoms with Crippen LogP contribution in [0, 0.1) is 11.8 Å². The van der Waals surface area contributed by atoms with Gasteiger partial charge in [-0.2, -0.15) is 0 Å². The van der Waals surface area contributed by atoms with Crippen molar-refractivity contribution in [2.24, 2.45) is 11.8 Å². The van der Waals surface area contributed by atoms with Crippen LogP contribution in [0.2, 0.25) is 10.0 Å². The molecule has 1 saturated heterocycles. The third kappa shape index (κ3) is 7.41. The van der Waals surface area contributed by atoms with Gasteiger partial charge in [0.1, 0.15) is 5.75 Å². The molecule has 2 aromatic carbocycles. The van der Waals surface area contributed by atoms with Crippen LogP contribution in [0.25, 0.3) is 0 Å². The fourth-order valence-electron chi connectivity index (χ4n) is 3.98. The summed E-state index contributed by atoms with van der Waals surface area (Å²) in [6.07, 6.45) is 0. The van der Waals surface area contributed by atoms with Crippen molar-refractivity contribution >= 4 is 34.8 Å². The lowest BCUT2D eigenvalue weighted by molar-refractivity contribution is 0.0283. The van der Waals surface area contributed by atoms with E-state index in [1.165, 1.54) is 0 Å². The predicted octanol–water partition coefficient (Wildman–Crippen LogP) is 6.92. The standard InChI is InChI=1S/C27H36Cl3NO3/c1-19(15-28)17-34-26-24(29)13-22(14-25(26)30)27(3,4)21-5-7-23(8-6-21)33-18-20(2)16-31-9-11-32-12-10-31/h5-8,13-14,19-20H,9-12,15-18H2,1-4H3/t19-,20+/m0/s1. The summed E-state index contributed by atoms with van der Waals surface area (Å²) < 4.78 is 17.3. The van der Waals surface area contributed by atoms with Crippen molar-refractivity contribution in [2.45, 2.75) is 33.1 Å². The Bertz CT molecular complexity index is 891. The fraction of sp³-hybridized carbons (Fsp3) is 0.556. The van der Waals surface area contributed by atoms with E-state index in [0.29, 0.717) is 40.8 Å². The molecule has 3 rings (SSSR count). The topological polar surface area (TPSA) is 30.9 Å². The van der Waals surface area contributed by atoms with Gasteiger partial charge >= 0.3 is 0 Å². The predicted molar refractivity (Wildman–Crippen MR) is 142 cm³/mol. The summed E-state index contributed by atoms with van der Waals surface area (Å²) in [5.74, 6) is 2.57. The minimum atomic E-state index is -0.294. The van der Waals surface area contributed by atoms with E-state index < -0.39 is 0 Å². The van der Waals surface area contributed by atoms with Crippen molar-refractivity contribution in [3.05, 3.63) is 57.6 Å². The van der Waals surface area contributed by atoms with Gasteiger partial charge in [-0.15, -0.1) is 11.6 Å². The zero-order chi connectivity index (χ0) is 24.7. The van der Waals surface area contributed by atoms with Gasteiger partial charge in [0.25, 0.3) is 0 Å². The molecular formula is C27H36Cl3NO3. The van der Waals surface area contributed by atoms with Crippen molar-refractivity contribution < 1.29 is 14.2 Å². The van der Waals surface area contributed by atoms with Crippen molar-refractivity contribution in [1.82, 2.24) is 4.90 Å². The van der Waals surface area contributed by atoms with E-state index in [1.807, 2.05) is 31.2 Å². The number of hydrogen-bond donors (Lipinski definition) is 0. The molecule has 188 valence electrons. The summed E-state index contributed by atoms with van der Waals surface area (Å²) in [5, 5.41) is 1.01. The van der Waals surface area contributed by atoms with E-state index in [2.05, 4.69) is 37.8 Å². The molecule has 0 radical (unpaired) electrons. The van der Waals surface area contributed by atoms with E-state index in [0.717, 1.165) is 49.7 Å². The van der Waals surface area contributed by atoms with Crippen LogP contribution in [0.15, 0.2) is 36.4 Å². The van der Waals surface area contributed by atoms with Gasteiger partial charge in [0.2, 0.25) is 0 Å². The molecule has 0 bridgehead atoms. The molecule has 1 fully saturated rings. The Balaban J connectivity index is 1.62. The van der Waals surface area contributed by atoms with E-state index in [-0.39, 0.29) is 11.3 Å². The molecule has 0 spiro atoms. The van der Waals surface area contributed by atoms with Gasteiger partial charge in [-0.05, 0) is 35.4 Å². The van der Waals surface area contributed by atoms with Crippen molar-refractivity contribution in [1.29, 1.82) is 0 Å². The summed E-state index contributed by atoms with van der Waals surface area (Å²) in [5.41, 5.74) is 1.88. The summed E-state index contributed by atoms with van der Waals surface area (Å²) in [6.45, 7) is 14.4. The van der Waals surface area contributed by atoms with E-state index in [4.69, 9.17) is 49.0 Å². The van der Waals surface area contributed by atoms with Crippen LogP contribution < -0.4 is 9.47 Å². The molecular weight excluding hydrogens is 493 g/mol. The quantitative estimate of drug-likeness (QED) is 0.296. The van der Waals surface area contributed by atoms with Crippen molar-refractivity contribution in [3.8, 4) is 11.5 Å². The molecule has 2 atom stereocenters. The Morgan fingerprint density at radius 1 is 0.912 bits per heavy atom. The maximum atomic E-state index is 6.55. The fourth-order valence-corrected chi connectivity index (χ4v) is 4.66. The second-order valence-electron chi connectivity index (χ2n) is 9.82. The number of halogens is 3. The minimum absolute atomic E-state index is 0.216. The van der Waals surface area contributed by atoms with Gasteiger partial charge in [-0.25, -0.2) is 0 Å². The lowest BCUT2D eigenvalue weighted by Crippen LogP contribution is -2.39. The molecule has 1 aliphatic heterocycles. The Kier molecular flexibility index (Phi) is 10.2. The first-order valence-corrected chi connectivity index (χ1v) is 13.2. The third-order valence-corrected chi connectivity index (χ3v) is 7.37. The van der Waals surface area contributed by atoms with Crippen LogP contribution in [0.1, 0.15) is 38.8 Å². The number of hydrogen-bond acceptors (Lipinski definition) is 4. The zero-order valence-corrected chi connectivity index (χ0v) is 22.8. The first kappa shape index (κ1) is 27.4. The highest BCUT2D eigenvalue weighted by molar-refractivity contribution is 6.37. The van der Waals surface area contributed by atoms with Gasteiger partial charge in [-0.1, -0.05) is 63.0 Å². The summed E-state index contributed by atoms with van der Waals surface area (Å²) in [4.78, 5) is 2.44. The number of benzene rings is 2. The normalized spacial score (nSPS) is 16.8. The number of rotatable bonds is 11. The summed E-state index contributed by atoms with van der Waals surface area (Å²) >= 11 is 19.0. The second-order valence-corrected chi connectivity index (χ2v) is 10.9. The Morgan fingerprint density at radius 2 is 1.50 bits per heavy atom. The van der Waals surface area contributed by atoms with Crippen molar-refractivity contribution in [3.63, 3.8) is 0 Å². The highest BCUT2D eigenvalue weighted by atomic mass is 35.5. The van der Waals surface area contributed by atoms with Gasteiger partial charge in [-0.3, -0.25) is 4.90 Å². The molecule has 0 N–H and O–H groups in total. The Morgan fingerprint density at radius 3 is 2.09 bits per heavy atom. The number of alkyl halides is 1. The first-order valence-electron chi connectivity index (χ1n) is 11.9. The third-order valence-electron chi connectivity index (χ3n) is 6.28. The minimum Gasteiger partial charge on any atom is -0.493 e. The summed E-state index contributed by atoms with van der Waals surface area (Å²) in [7, 11) is 0. The lowest BCUT2D eigenvalue weighted by Gasteiger charge is -2.29. The Labute approximate surface area is 219 Å². The van der Waals surface area contributed by atoms with Crippen LogP contribution >= 0.6 is 34.8 Å². The van der Waals surface area contributed by atoms with Crippen LogP contribution in [0.4, 0.5) is 0 Å². The molecule has 0 saturated carbocycles. The molecule has 4 nitrogen and oxygen atoms in total. The van der Waals surface area contributed by atoms with E-state index in [9.17, 15) is 0 Å². The zero-order valence-electron chi connectivity index (χ0n) is 20.6. The largest absolute Gasteiger partial charge is 0.493 e. The highest BCUT2D eigenvalue weighted by Gasteiger charge is 2.26. The van der Waals surface area contributed by atoms with Gasteiger partial charge in [0, 0.05) is 42.8 Å². The molecule has 0 unspecified atom stereocenters. The summed E-state index contributed by atoms with van der Waals surface area (Å²) in [6, 6.07) is 12.2. The van der Waals surface area contributed by atoms with E-state index >= 15 is 0 Å². The number of morpholine rings is 1.